The van der Waals surface area contributed by atoms with Crippen molar-refractivity contribution in [2.75, 3.05) is 7.11 Å². The zero-order chi connectivity index (χ0) is 20.7. The second-order valence-electron chi connectivity index (χ2n) is 6.70. The number of rotatable bonds is 4. The van der Waals surface area contributed by atoms with E-state index in [4.69, 9.17) is 4.74 Å². The van der Waals surface area contributed by atoms with Gasteiger partial charge in [0, 0.05) is 0 Å². The van der Waals surface area contributed by atoms with Crippen molar-refractivity contribution in [3.8, 4) is 17.8 Å². The normalized spacial score (nSPS) is 11.1. The lowest BCUT2D eigenvalue weighted by Crippen LogP contribution is -2.18. The zero-order valence-corrected chi connectivity index (χ0v) is 15.9. The summed E-state index contributed by atoms with van der Waals surface area (Å²) < 4.78 is 8.51. The predicted octanol–water partition coefficient (Wildman–Crippen LogP) is 2.39. The van der Waals surface area contributed by atoms with Crippen LogP contribution < -0.4 is 10.4 Å². The van der Waals surface area contributed by atoms with Gasteiger partial charge in [-0.05, 0) is 35.9 Å². The van der Waals surface area contributed by atoms with Crippen molar-refractivity contribution in [1.82, 2.24) is 29.1 Å². The summed E-state index contributed by atoms with van der Waals surface area (Å²) in [5.74, 6) is 1.08. The van der Waals surface area contributed by atoms with E-state index < -0.39 is 0 Å². The van der Waals surface area contributed by atoms with Crippen LogP contribution in [0.4, 0.5) is 0 Å². The standard InChI is InChI=1S/C21H15N7O2/c1-30-15-4-2-3-14(7-15)11-27-19-17(25-21(27)29)10-23-20(26-19)28-12-24-16-6-5-13(9-22)8-18(16)28/h2-8,10,12H,11H2,1H3,(H,25,29). The van der Waals surface area contributed by atoms with Crippen molar-refractivity contribution in [3.63, 3.8) is 0 Å². The van der Waals surface area contributed by atoms with Crippen LogP contribution in [0.2, 0.25) is 0 Å². The van der Waals surface area contributed by atoms with E-state index in [-0.39, 0.29) is 5.69 Å². The zero-order valence-electron chi connectivity index (χ0n) is 15.9. The van der Waals surface area contributed by atoms with E-state index in [1.807, 2.05) is 24.3 Å². The molecule has 3 aromatic heterocycles. The molecule has 0 atom stereocenters. The summed E-state index contributed by atoms with van der Waals surface area (Å²) in [6, 6.07) is 14.9. The van der Waals surface area contributed by atoms with Gasteiger partial charge in [0.1, 0.15) is 17.6 Å². The quantitative estimate of drug-likeness (QED) is 0.498. The Bertz CT molecular complexity index is 1500. The van der Waals surface area contributed by atoms with Gasteiger partial charge in [0.25, 0.3) is 0 Å². The fourth-order valence-electron chi connectivity index (χ4n) is 3.39. The van der Waals surface area contributed by atoms with Gasteiger partial charge in [-0.1, -0.05) is 12.1 Å². The Hall–Kier alpha value is -4.45. The highest BCUT2D eigenvalue weighted by atomic mass is 16.5. The monoisotopic (exact) mass is 397 g/mol. The molecule has 5 rings (SSSR count). The number of imidazole rings is 2. The maximum absolute atomic E-state index is 12.5. The third-order valence-corrected chi connectivity index (χ3v) is 4.86. The number of benzene rings is 2. The summed E-state index contributed by atoms with van der Waals surface area (Å²) in [6.45, 7) is 0.329. The smallest absolute Gasteiger partial charge is 0.328 e. The van der Waals surface area contributed by atoms with E-state index in [9.17, 15) is 10.1 Å². The number of hydrogen-bond acceptors (Lipinski definition) is 6. The average molecular weight is 397 g/mol. The molecule has 30 heavy (non-hydrogen) atoms. The van der Waals surface area contributed by atoms with Gasteiger partial charge in [0.15, 0.2) is 5.65 Å². The molecule has 1 N–H and O–H groups in total. The minimum Gasteiger partial charge on any atom is -0.497 e. The maximum Gasteiger partial charge on any atom is 0.328 e. The summed E-state index contributed by atoms with van der Waals surface area (Å²) in [5.41, 5.74) is 3.60. The Balaban J connectivity index is 1.63. The molecule has 5 aromatic rings. The van der Waals surface area contributed by atoms with E-state index in [0.29, 0.717) is 40.5 Å². The van der Waals surface area contributed by atoms with Crippen LogP contribution in [0.5, 0.6) is 5.75 Å². The summed E-state index contributed by atoms with van der Waals surface area (Å²) in [6.07, 6.45) is 3.17. The van der Waals surface area contributed by atoms with Crippen LogP contribution in [0.1, 0.15) is 11.1 Å². The number of nitrogens with one attached hydrogen (secondary N) is 1. The molecule has 2 aromatic carbocycles. The molecule has 0 saturated carbocycles. The second-order valence-corrected chi connectivity index (χ2v) is 6.70. The number of ether oxygens (including phenoxy) is 1. The Labute approximate surface area is 169 Å². The summed E-state index contributed by atoms with van der Waals surface area (Å²) in [7, 11) is 1.60. The van der Waals surface area contributed by atoms with E-state index in [1.165, 1.54) is 0 Å². The maximum atomic E-state index is 12.5. The van der Waals surface area contributed by atoms with Gasteiger partial charge in [0.05, 0.1) is 42.5 Å². The molecule has 0 aliphatic carbocycles. The van der Waals surface area contributed by atoms with Crippen molar-refractivity contribution in [2.45, 2.75) is 6.54 Å². The van der Waals surface area contributed by atoms with Crippen molar-refractivity contribution in [2.24, 2.45) is 0 Å². The third-order valence-electron chi connectivity index (χ3n) is 4.86. The Kier molecular flexibility index (Phi) is 4.03. The van der Waals surface area contributed by atoms with Crippen molar-refractivity contribution < 1.29 is 4.74 Å². The van der Waals surface area contributed by atoms with Gasteiger partial charge in [-0.3, -0.25) is 9.13 Å². The SMILES string of the molecule is COc1cccc(Cn2c(=O)[nH]c3cnc(-n4cnc5ccc(C#N)cc54)nc32)c1. The van der Waals surface area contributed by atoms with E-state index in [0.717, 1.165) is 11.1 Å². The summed E-state index contributed by atoms with van der Waals surface area (Å²) in [5, 5.41) is 9.19. The minimum atomic E-state index is -0.276. The first kappa shape index (κ1) is 17.6. The second kappa shape index (κ2) is 6.86. The van der Waals surface area contributed by atoms with Crippen LogP contribution in [-0.4, -0.2) is 36.2 Å². The van der Waals surface area contributed by atoms with Crippen LogP contribution in [0.3, 0.4) is 0 Å². The molecule has 0 saturated heterocycles. The lowest BCUT2D eigenvalue weighted by molar-refractivity contribution is 0.414. The molecule has 3 heterocycles. The number of aromatic amines is 1. The van der Waals surface area contributed by atoms with Gasteiger partial charge in [-0.2, -0.15) is 10.2 Å². The average Bonchev–Trinajstić information content (AvgIpc) is 3.34. The van der Waals surface area contributed by atoms with E-state index in [2.05, 4.69) is 26.0 Å². The third kappa shape index (κ3) is 2.87. The molecule has 0 radical (unpaired) electrons. The van der Waals surface area contributed by atoms with Gasteiger partial charge >= 0.3 is 5.69 Å². The topological polar surface area (TPSA) is 114 Å². The summed E-state index contributed by atoms with van der Waals surface area (Å²) >= 11 is 0. The largest absolute Gasteiger partial charge is 0.497 e. The highest BCUT2D eigenvalue weighted by Crippen LogP contribution is 2.19. The van der Waals surface area contributed by atoms with E-state index in [1.54, 1.807) is 47.0 Å². The molecule has 146 valence electrons. The van der Waals surface area contributed by atoms with Crippen LogP contribution in [0, 0.1) is 11.3 Å². The summed E-state index contributed by atoms with van der Waals surface area (Å²) in [4.78, 5) is 28.7. The molecule has 0 amide bonds. The Morgan fingerprint density at radius 1 is 1.20 bits per heavy atom. The molecule has 9 heteroatoms. The fourth-order valence-corrected chi connectivity index (χ4v) is 3.39. The molecular weight excluding hydrogens is 382 g/mol. The van der Waals surface area contributed by atoms with E-state index >= 15 is 0 Å². The van der Waals surface area contributed by atoms with Crippen molar-refractivity contribution in [3.05, 3.63) is 76.6 Å². The lowest BCUT2D eigenvalue weighted by atomic mass is 10.2. The molecule has 0 aliphatic heterocycles. The lowest BCUT2D eigenvalue weighted by Gasteiger charge is -2.07. The predicted molar refractivity (Wildman–Crippen MR) is 110 cm³/mol. The minimum absolute atomic E-state index is 0.276. The van der Waals surface area contributed by atoms with Gasteiger partial charge < -0.3 is 9.72 Å². The van der Waals surface area contributed by atoms with Crippen LogP contribution >= 0.6 is 0 Å². The van der Waals surface area contributed by atoms with Crippen LogP contribution in [0.15, 0.2) is 59.8 Å². The van der Waals surface area contributed by atoms with Crippen molar-refractivity contribution in [1.29, 1.82) is 5.26 Å². The highest BCUT2D eigenvalue weighted by Gasteiger charge is 2.14. The molecule has 0 fully saturated rings. The highest BCUT2D eigenvalue weighted by molar-refractivity contribution is 5.79. The molecule has 0 spiro atoms. The number of aromatic nitrogens is 6. The molecule has 0 bridgehead atoms. The Morgan fingerprint density at radius 2 is 2.10 bits per heavy atom. The molecule has 9 nitrogen and oxygen atoms in total. The first-order valence-corrected chi connectivity index (χ1v) is 9.12. The van der Waals surface area contributed by atoms with Crippen molar-refractivity contribution >= 4 is 22.2 Å². The number of H-pyrrole nitrogens is 1. The number of nitrogens with zero attached hydrogens (tertiary/aromatic N) is 6. The number of nitriles is 1. The Morgan fingerprint density at radius 3 is 2.93 bits per heavy atom. The molecule has 0 aliphatic rings. The van der Waals surface area contributed by atoms with Crippen LogP contribution in [0.25, 0.3) is 28.1 Å². The number of hydrogen-bond donors (Lipinski definition) is 1. The number of fused-ring (bicyclic) bond motifs is 2. The van der Waals surface area contributed by atoms with Gasteiger partial charge in [0.2, 0.25) is 5.95 Å². The van der Waals surface area contributed by atoms with Gasteiger partial charge in [-0.15, -0.1) is 0 Å². The van der Waals surface area contributed by atoms with Crippen LogP contribution in [-0.2, 0) is 6.54 Å². The number of methoxy groups -OCH3 is 1. The first-order chi connectivity index (χ1) is 14.7. The first-order valence-electron chi connectivity index (χ1n) is 9.12. The molecule has 0 unspecified atom stereocenters. The van der Waals surface area contributed by atoms with Gasteiger partial charge in [-0.25, -0.2) is 14.8 Å². The fraction of sp³-hybridized carbons (Fsp3) is 0.0952. The molecular formula is C21H15N7O2.